The maximum Gasteiger partial charge on any atom is 0.276 e. The molecule has 0 unspecified atom stereocenters. The minimum atomic E-state index is -0.0897. The Labute approximate surface area is 200 Å². The highest BCUT2D eigenvalue weighted by Crippen LogP contribution is 2.19. The molecule has 0 radical (unpaired) electrons. The van der Waals surface area contributed by atoms with Gasteiger partial charge in [-0.2, -0.15) is 0 Å². The number of hydrogen-bond acceptors (Lipinski definition) is 5. The summed E-state index contributed by atoms with van der Waals surface area (Å²) in [6.07, 6.45) is 0.370. The number of nitrogens with one attached hydrogen (secondary N) is 1. The zero-order chi connectivity index (χ0) is 22.3. The molecule has 8 heteroatoms. The molecule has 0 atom stereocenters. The van der Waals surface area contributed by atoms with E-state index in [1.165, 1.54) is 5.56 Å². The van der Waals surface area contributed by atoms with Crippen LogP contribution in [0.1, 0.15) is 21.8 Å². The number of aryl methyl sites for hydroxylation is 1. The number of hydrogen-bond donors (Lipinski definition) is 1. The van der Waals surface area contributed by atoms with Gasteiger partial charge in [0.05, 0.1) is 6.42 Å². The van der Waals surface area contributed by atoms with Gasteiger partial charge < -0.3 is 14.7 Å². The van der Waals surface area contributed by atoms with Crippen molar-refractivity contribution in [2.24, 2.45) is 0 Å². The standard InChI is InChI=1S/C25H28N4O3.ClH/c1-19-17-23(27-32-19)25(31)29-15-13-28(14-16-29)12-11-26-24(30)18-20-7-9-22(10-8-20)21-5-3-2-4-6-21;/h2-10,17H,11-16,18H2,1H3,(H,26,30);1H. The minimum Gasteiger partial charge on any atom is -0.361 e. The lowest BCUT2D eigenvalue weighted by Gasteiger charge is -2.34. The van der Waals surface area contributed by atoms with E-state index in [-0.39, 0.29) is 24.2 Å². The van der Waals surface area contributed by atoms with Gasteiger partial charge in [0, 0.05) is 45.3 Å². The molecule has 0 spiro atoms. The van der Waals surface area contributed by atoms with Gasteiger partial charge in [-0.1, -0.05) is 59.8 Å². The van der Waals surface area contributed by atoms with Crippen LogP contribution in [-0.2, 0) is 11.2 Å². The summed E-state index contributed by atoms with van der Waals surface area (Å²) in [5.74, 6) is 0.565. The van der Waals surface area contributed by atoms with Gasteiger partial charge in [-0.05, 0) is 23.6 Å². The third-order valence-electron chi connectivity index (χ3n) is 5.68. The molecular formula is C25H29ClN4O3. The first-order valence-electron chi connectivity index (χ1n) is 10.9. The Balaban J connectivity index is 0.00000306. The van der Waals surface area contributed by atoms with Crippen LogP contribution < -0.4 is 5.32 Å². The van der Waals surface area contributed by atoms with Gasteiger partial charge in [0.1, 0.15) is 5.76 Å². The fourth-order valence-corrected chi connectivity index (χ4v) is 3.85. The highest BCUT2D eigenvalue weighted by atomic mass is 35.5. The number of aromatic nitrogens is 1. The Hall–Kier alpha value is -3.16. The average Bonchev–Trinajstić information content (AvgIpc) is 3.26. The van der Waals surface area contributed by atoms with Gasteiger partial charge in [-0.25, -0.2) is 0 Å². The van der Waals surface area contributed by atoms with Gasteiger partial charge >= 0.3 is 0 Å². The third-order valence-corrected chi connectivity index (χ3v) is 5.68. The molecule has 174 valence electrons. The van der Waals surface area contributed by atoms with Gasteiger partial charge in [-0.15, -0.1) is 12.4 Å². The molecule has 1 N–H and O–H groups in total. The fraction of sp³-hybridized carbons (Fsp3) is 0.320. The van der Waals surface area contributed by atoms with E-state index in [1.54, 1.807) is 17.9 Å². The summed E-state index contributed by atoms with van der Waals surface area (Å²) in [4.78, 5) is 28.8. The van der Waals surface area contributed by atoms with Crippen LogP contribution in [0.3, 0.4) is 0 Å². The first-order chi connectivity index (χ1) is 15.6. The number of halogens is 1. The van der Waals surface area contributed by atoms with Crippen LogP contribution in [-0.4, -0.2) is 66.0 Å². The van der Waals surface area contributed by atoms with Crippen LogP contribution >= 0.6 is 12.4 Å². The van der Waals surface area contributed by atoms with Crippen LogP contribution in [0.2, 0.25) is 0 Å². The molecule has 4 rings (SSSR count). The monoisotopic (exact) mass is 468 g/mol. The molecule has 1 aliphatic heterocycles. The molecule has 1 aromatic heterocycles. The lowest BCUT2D eigenvalue weighted by Crippen LogP contribution is -2.50. The number of piperazine rings is 1. The summed E-state index contributed by atoms with van der Waals surface area (Å²) in [5, 5.41) is 6.81. The Morgan fingerprint density at radius 1 is 0.970 bits per heavy atom. The summed E-state index contributed by atoms with van der Waals surface area (Å²) in [5.41, 5.74) is 3.67. The Kier molecular flexibility index (Phi) is 8.63. The number of nitrogens with zero attached hydrogens (tertiary/aromatic N) is 3. The van der Waals surface area contributed by atoms with E-state index in [4.69, 9.17) is 4.52 Å². The first-order valence-corrected chi connectivity index (χ1v) is 10.9. The maximum absolute atomic E-state index is 12.4. The van der Waals surface area contributed by atoms with Crippen molar-refractivity contribution < 1.29 is 14.1 Å². The van der Waals surface area contributed by atoms with Crippen molar-refractivity contribution in [2.75, 3.05) is 39.3 Å². The topological polar surface area (TPSA) is 78.7 Å². The Morgan fingerprint density at radius 2 is 1.64 bits per heavy atom. The molecule has 1 fully saturated rings. The number of carbonyl (C=O) groups is 2. The minimum absolute atomic E-state index is 0. The molecule has 1 saturated heterocycles. The van der Waals surface area contributed by atoms with Crippen molar-refractivity contribution in [3.63, 3.8) is 0 Å². The molecule has 7 nitrogen and oxygen atoms in total. The summed E-state index contributed by atoms with van der Waals surface area (Å²) in [7, 11) is 0. The van der Waals surface area contributed by atoms with Crippen molar-refractivity contribution in [2.45, 2.75) is 13.3 Å². The molecule has 2 amide bonds. The maximum atomic E-state index is 12.4. The van der Waals surface area contributed by atoms with Crippen LogP contribution in [0, 0.1) is 6.92 Å². The summed E-state index contributed by atoms with van der Waals surface area (Å²) in [6.45, 7) is 5.98. The second-order valence-electron chi connectivity index (χ2n) is 8.05. The van der Waals surface area contributed by atoms with E-state index in [0.29, 0.717) is 37.5 Å². The van der Waals surface area contributed by atoms with Crippen LogP contribution in [0.25, 0.3) is 11.1 Å². The molecule has 1 aliphatic rings. The highest BCUT2D eigenvalue weighted by molar-refractivity contribution is 5.92. The third kappa shape index (κ3) is 6.66. The molecule has 0 bridgehead atoms. The predicted octanol–water partition coefficient (Wildman–Crippen LogP) is 3.19. The summed E-state index contributed by atoms with van der Waals surface area (Å²) in [6, 6.07) is 20.0. The van der Waals surface area contributed by atoms with Gasteiger partial charge in [-0.3, -0.25) is 14.5 Å². The van der Waals surface area contributed by atoms with Crippen LogP contribution in [0.15, 0.2) is 65.2 Å². The Bertz CT molecular complexity index is 1050. The lowest BCUT2D eigenvalue weighted by atomic mass is 10.0. The quantitative estimate of drug-likeness (QED) is 0.576. The number of benzene rings is 2. The molecule has 33 heavy (non-hydrogen) atoms. The zero-order valence-corrected chi connectivity index (χ0v) is 19.5. The highest BCUT2D eigenvalue weighted by Gasteiger charge is 2.24. The lowest BCUT2D eigenvalue weighted by molar-refractivity contribution is -0.120. The van der Waals surface area contributed by atoms with Crippen molar-refractivity contribution in [1.29, 1.82) is 0 Å². The largest absolute Gasteiger partial charge is 0.361 e. The molecule has 2 heterocycles. The fourth-order valence-electron chi connectivity index (χ4n) is 3.85. The van der Waals surface area contributed by atoms with Gasteiger partial charge in [0.25, 0.3) is 5.91 Å². The van der Waals surface area contributed by atoms with E-state index >= 15 is 0 Å². The van der Waals surface area contributed by atoms with Crippen molar-refractivity contribution >= 4 is 24.2 Å². The van der Waals surface area contributed by atoms with E-state index < -0.39 is 0 Å². The van der Waals surface area contributed by atoms with Gasteiger partial charge in [0.2, 0.25) is 5.91 Å². The molecule has 2 aromatic carbocycles. The zero-order valence-electron chi connectivity index (χ0n) is 18.7. The van der Waals surface area contributed by atoms with Crippen LogP contribution in [0.4, 0.5) is 0 Å². The smallest absolute Gasteiger partial charge is 0.276 e. The number of amides is 2. The second-order valence-corrected chi connectivity index (χ2v) is 8.05. The summed E-state index contributed by atoms with van der Waals surface area (Å²) >= 11 is 0. The second kappa shape index (κ2) is 11.6. The van der Waals surface area contributed by atoms with E-state index in [2.05, 4.69) is 39.6 Å². The van der Waals surface area contributed by atoms with E-state index in [1.807, 2.05) is 30.3 Å². The Morgan fingerprint density at radius 3 is 2.27 bits per heavy atom. The van der Waals surface area contributed by atoms with E-state index in [9.17, 15) is 9.59 Å². The van der Waals surface area contributed by atoms with Crippen LogP contribution in [0.5, 0.6) is 0 Å². The number of carbonyl (C=O) groups excluding carboxylic acids is 2. The van der Waals surface area contributed by atoms with E-state index in [0.717, 1.165) is 30.8 Å². The van der Waals surface area contributed by atoms with Gasteiger partial charge in [0.15, 0.2) is 5.69 Å². The SMILES string of the molecule is Cc1cc(C(=O)N2CCN(CCNC(=O)Cc3ccc(-c4ccccc4)cc3)CC2)no1.Cl. The number of rotatable bonds is 7. The van der Waals surface area contributed by atoms with Crippen molar-refractivity contribution in [1.82, 2.24) is 20.3 Å². The normalized spacial score (nSPS) is 13.9. The molecule has 3 aromatic rings. The van der Waals surface area contributed by atoms with Crippen molar-refractivity contribution in [3.05, 3.63) is 77.7 Å². The van der Waals surface area contributed by atoms with Crippen molar-refractivity contribution in [3.8, 4) is 11.1 Å². The predicted molar refractivity (Wildman–Crippen MR) is 129 cm³/mol. The summed E-state index contributed by atoms with van der Waals surface area (Å²) < 4.78 is 4.99. The molecule has 0 aliphatic carbocycles. The molecular weight excluding hydrogens is 440 g/mol. The first kappa shape index (κ1) is 24.5. The average molecular weight is 469 g/mol. The molecule has 0 saturated carbocycles.